The lowest BCUT2D eigenvalue weighted by atomic mass is 9.75. The van der Waals surface area contributed by atoms with Crippen LogP contribution in [0.1, 0.15) is 52.0 Å². The highest BCUT2D eigenvalue weighted by Crippen LogP contribution is 2.41. The summed E-state index contributed by atoms with van der Waals surface area (Å²) in [5, 5.41) is 14.4. The van der Waals surface area contributed by atoms with Gasteiger partial charge in [0, 0.05) is 23.8 Å². The van der Waals surface area contributed by atoms with E-state index >= 15 is 0 Å². The van der Waals surface area contributed by atoms with Crippen LogP contribution in [-0.4, -0.2) is 44.0 Å². The van der Waals surface area contributed by atoms with Crippen molar-refractivity contribution < 1.29 is 14.3 Å². The molecular formula is C27H31N5O3. The van der Waals surface area contributed by atoms with E-state index in [2.05, 4.69) is 34.5 Å². The Morgan fingerprint density at radius 3 is 2.51 bits per heavy atom. The number of tetrazole rings is 1. The topological polar surface area (TPSA) is 101 Å². The van der Waals surface area contributed by atoms with Crippen LogP contribution in [0.5, 0.6) is 0 Å². The summed E-state index contributed by atoms with van der Waals surface area (Å²) >= 11 is 0. The molecule has 1 aromatic heterocycles. The number of ether oxygens (including phenoxy) is 1. The van der Waals surface area contributed by atoms with Crippen LogP contribution < -0.4 is 0 Å². The zero-order chi connectivity index (χ0) is 24.8. The Bertz CT molecular complexity index is 1200. The van der Waals surface area contributed by atoms with E-state index in [1.807, 2.05) is 48.5 Å². The predicted molar refractivity (Wildman–Crippen MR) is 133 cm³/mol. The van der Waals surface area contributed by atoms with Crippen molar-refractivity contribution in [2.75, 3.05) is 6.61 Å². The third kappa shape index (κ3) is 5.65. The molecule has 2 aromatic carbocycles. The molecule has 1 aliphatic heterocycles. The van der Waals surface area contributed by atoms with Crippen LogP contribution >= 0.6 is 0 Å². The van der Waals surface area contributed by atoms with E-state index in [0.29, 0.717) is 31.8 Å². The van der Waals surface area contributed by atoms with Gasteiger partial charge in [0.1, 0.15) is 0 Å². The van der Waals surface area contributed by atoms with Crippen LogP contribution in [0.3, 0.4) is 0 Å². The molecule has 3 aromatic rings. The van der Waals surface area contributed by atoms with Gasteiger partial charge in [-0.1, -0.05) is 68.8 Å². The number of rotatable bonds is 8. The summed E-state index contributed by atoms with van der Waals surface area (Å²) in [4.78, 5) is 27.2. The smallest absolute Gasteiger partial charge is 0.332 e. The first-order chi connectivity index (χ1) is 16.9. The Balaban J connectivity index is 1.58. The minimum Gasteiger partial charge on any atom is -0.463 e. The average Bonchev–Trinajstić information content (AvgIpc) is 3.37. The van der Waals surface area contributed by atoms with Gasteiger partial charge < -0.3 is 9.64 Å². The van der Waals surface area contributed by atoms with Crippen molar-refractivity contribution in [1.29, 1.82) is 0 Å². The van der Waals surface area contributed by atoms with Crippen molar-refractivity contribution >= 4 is 11.9 Å². The number of piperidine rings is 1. The van der Waals surface area contributed by atoms with Gasteiger partial charge in [-0.25, -0.2) is 4.79 Å². The number of H-pyrrole nitrogens is 1. The number of hydrogen-bond donors (Lipinski definition) is 1. The lowest BCUT2D eigenvalue weighted by Crippen LogP contribution is -2.41. The minimum absolute atomic E-state index is 0.0364. The van der Waals surface area contributed by atoms with E-state index in [1.54, 1.807) is 11.8 Å². The van der Waals surface area contributed by atoms with Gasteiger partial charge in [0.25, 0.3) is 0 Å². The van der Waals surface area contributed by atoms with Crippen LogP contribution in [0.15, 0.2) is 60.3 Å². The molecule has 0 radical (unpaired) electrons. The Morgan fingerprint density at radius 1 is 1.11 bits per heavy atom. The van der Waals surface area contributed by atoms with Crippen molar-refractivity contribution in [3.05, 3.63) is 65.9 Å². The summed E-state index contributed by atoms with van der Waals surface area (Å²) in [6.45, 7) is 6.73. The number of likely N-dealkylation sites (tertiary alicyclic amines) is 1. The number of esters is 1. The maximum Gasteiger partial charge on any atom is 0.332 e. The van der Waals surface area contributed by atoms with Crippen LogP contribution in [0.25, 0.3) is 22.5 Å². The Hall–Kier alpha value is -3.81. The molecule has 4 rings (SSSR count). The van der Waals surface area contributed by atoms with Crippen LogP contribution in [0.4, 0.5) is 0 Å². The fraction of sp³-hybridized carbons (Fsp3) is 0.370. The second kappa shape index (κ2) is 10.6. The molecule has 1 fully saturated rings. The highest BCUT2D eigenvalue weighted by molar-refractivity contribution is 5.86. The molecule has 35 heavy (non-hydrogen) atoms. The van der Waals surface area contributed by atoms with Gasteiger partial charge in [0.2, 0.25) is 11.7 Å². The highest BCUT2D eigenvalue weighted by Gasteiger charge is 2.38. The summed E-state index contributed by atoms with van der Waals surface area (Å²) in [5.41, 5.74) is 4.44. The summed E-state index contributed by atoms with van der Waals surface area (Å²) in [5.74, 6) is 0.163. The summed E-state index contributed by atoms with van der Waals surface area (Å²) < 4.78 is 5.14. The number of nitrogens with one attached hydrogen (secondary N) is 1. The minimum atomic E-state index is -0.408. The van der Waals surface area contributed by atoms with Gasteiger partial charge in [-0.15, -0.1) is 10.2 Å². The van der Waals surface area contributed by atoms with Crippen LogP contribution in [-0.2, 0) is 20.9 Å². The molecular weight excluding hydrogens is 442 g/mol. The van der Waals surface area contributed by atoms with Gasteiger partial charge in [0.05, 0.1) is 13.2 Å². The van der Waals surface area contributed by atoms with E-state index in [4.69, 9.17) is 4.74 Å². The normalized spacial score (nSPS) is 19.2. The molecule has 8 nitrogen and oxygen atoms in total. The van der Waals surface area contributed by atoms with E-state index in [0.717, 1.165) is 40.8 Å². The molecule has 2 heterocycles. The predicted octanol–water partition coefficient (Wildman–Crippen LogP) is 4.91. The molecule has 0 saturated carbocycles. The Labute approximate surface area is 205 Å². The molecule has 0 spiro atoms. The third-order valence-electron chi connectivity index (χ3n) is 6.38. The zero-order valence-electron chi connectivity index (χ0n) is 20.5. The molecule has 0 bridgehead atoms. The van der Waals surface area contributed by atoms with Gasteiger partial charge in [0.15, 0.2) is 0 Å². The fourth-order valence-corrected chi connectivity index (χ4v) is 4.81. The maximum absolute atomic E-state index is 13.2. The lowest BCUT2D eigenvalue weighted by molar-refractivity contribution is -0.137. The summed E-state index contributed by atoms with van der Waals surface area (Å²) in [6, 6.07) is 16.0. The number of allylic oxidation sites excluding steroid dienone is 1. The number of carbonyl (C=O) groups is 2. The number of aromatic amines is 1. The van der Waals surface area contributed by atoms with Crippen LogP contribution in [0, 0.1) is 5.41 Å². The maximum atomic E-state index is 13.2. The van der Waals surface area contributed by atoms with Gasteiger partial charge in [-0.2, -0.15) is 5.21 Å². The quantitative estimate of drug-likeness (QED) is 0.368. The number of carbonyl (C=O) groups excluding carboxylic acids is 2. The SMILES string of the molecule is CCCC1(C)CC(=O)N(Cc2ccc(-c3ccccc3-c3nn[nH]n3)cc2)/C(=C/C(=O)OCC)C1. The monoisotopic (exact) mass is 473 g/mol. The molecule has 182 valence electrons. The molecule has 1 unspecified atom stereocenters. The van der Waals surface area contributed by atoms with Gasteiger partial charge in [-0.3, -0.25) is 4.79 Å². The van der Waals surface area contributed by atoms with Gasteiger partial charge in [-0.05, 0) is 47.1 Å². The van der Waals surface area contributed by atoms with Gasteiger partial charge >= 0.3 is 5.97 Å². The lowest BCUT2D eigenvalue weighted by Gasteiger charge is -2.40. The largest absolute Gasteiger partial charge is 0.463 e. The number of nitrogens with zero attached hydrogens (tertiary/aromatic N) is 4. The number of benzene rings is 2. The van der Waals surface area contributed by atoms with E-state index in [-0.39, 0.29) is 11.3 Å². The van der Waals surface area contributed by atoms with Crippen LogP contribution in [0.2, 0.25) is 0 Å². The second-order valence-electron chi connectivity index (χ2n) is 9.26. The molecule has 0 aliphatic carbocycles. The number of hydrogen-bond acceptors (Lipinski definition) is 6. The fourth-order valence-electron chi connectivity index (χ4n) is 4.81. The molecule has 8 heteroatoms. The van der Waals surface area contributed by atoms with Crippen molar-refractivity contribution in [2.45, 2.75) is 53.0 Å². The Kier molecular flexibility index (Phi) is 7.39. The average molecular weight is 474 g/mol. The first kappa shape index (κ1) is 24.3. The van der Waals surface area contributed by atoms with Crippen molar-refractivity contribution in [3.8, 4) is 22.5 Å². The standard InChI is InChI=1S/C27H31N5O3/c1-4-14-27(3)16-21(15-25(34)35-5-2)32(24(33)17-27)18-19-10-12-20(13-11-19)22-8-6-7-9-23(22)26-28-30-31-29-26/h6-13,15H,4-5,14,16-18H2,1-3H3,(H,28,29,30,31)/b21-15+. The van der Waals surface area contributed by atoms with Crippen molar-refractivity contribution in [1.82, 2.24) is 25.5 Å². The van der Waals surface area contributed by atoms with Crippen molar-refractivity contribution in [2.24, 2.45) is 5.41 Å². The molecule has 1 aliphatic rings. The number of amides is 1. The van der Waals surface area contributed by atoms with E-state index < -0.39 is 5.97 Å². The zero-order valence-corrected chi connectivity index (χ0v) is 20.5. The third-order valence-corrected chi connectivity index (χ3v) is 6.38. The Morgan fingerprint density at radius 2 is 1.86 bits per heavy atom. The molecule has 1 N–H and O–H groups in total. The molecule has 1 amide bonds. The number of aromatic nitrogens is 4. The highest BCUT2D eigenvalue weighted by atomic mass is 16.5. The first-order valence-electron chi connectivity index (χ1n) is 12.0. The summed E-state index contributed by atoms with van der Waals surface area (Å²) in [6.07, 6.45) is 4.55. The molecule has 1 atom stereocenters. The molecule has 1 saturated heterocycles. The van der Waals surface area contributed by atoms with E-state index in [1.165, 1.54) is 6.08 Å². The van der Waals surface area contributed by atoms with E-state index in [9.17, 15) is 9.59 Å². The first-order valence-corrected chi connectivity index (χ1v) is 12.0. The second-order valence-corrected chi connectivity index (χ2v) is 9.26. The van der Waals surface area contributed by atoms with Crippen molar-refractivity contribution in [3.63, 3.8) is 0 Å². The summed E-state index contributed by atoms with van der Waals surface area (Å²) in [7, 11) is 0.